The summed E-state index contributed by atoms with van der Waals surface area (Å²) in [6, 6.07) is -0.312. The summed E-state index contributed by atoms with van der Waals surface area (Å²) in [5.41, 5.74) is 5.84. The number of carbonyl (C=O) groups is 1. The largest absolute Gasteiger partial charge is 0.374 e. The lowest BCUT2D eigenvalue weighted by Gasteiger charge is -2.28. The van der Waals surface area contributed by atoms with Crippen molar-refractivity contribution in [3.8, 4) is 0 Å². The maximum absolute atomic E-state index is 11.7. The van der Waals surface area contributed by atoms with Gasteiger partial charge < -0.3 is 10.5 Å². The highest BCUT2D eigenvalue weighted by molar-refractivity contribution is 5.80. The fraction of sp³-hybridized carbons (Fsp3) is 0.750. The number of aromatic nitrogens is 3. The van der Waals surface area contributed by atoms with E-state index >= 15 is 0 Å². The Bertz CT molecular complexity index is 395. The van der Waals surface area contributed by atoms with Gasteiger partial charge >= 0.3 is 0 Å². The highest BCUT2D eigenvalue weighted by atomic mass is 16.5. The number of nitrogens with two attached hydrogens (primary N) is 1. The highest BCUT2D eigenvalue weighted by Gasteiger charge is 2.31. The van der Waals surface area contributed by atoms with Gasteiger partial charge in [-0.1, -0.05) is 26.0 Å². The lowest BCUT2D eigenvalue weighted by Crippen LogP contribution is -2.30. The molecule has 0 bridgehead atoms. The average molecular weight is 254 g/mol. The van der Waals surface area contributed by atoms with Crippen LogP contribution in [0, 0.1) is 5.41 Å². The van der Waals surface area contributed by atoms with Crippen LogP contribution < -0.4 is 5.73 Å². The molecule has 0 radical (unpaired) electrons. The van der Waals surface area contributed by atoms with E-state index in [4.69, 9.17) is 10.5 Å². The summed E-state index contributed by atoms with van der Waals surface area (Å²) in [5.74, 6) is 0.0711. The van der Waals surface area contributed by atoms with Crippen LogP contribution >= 0.6 is 0 Å². The molecule has 0 saturated carbocycles. The van der Waals surface area contributed by atoms with E-state index in [1.54, 1.807) is 17.8 Å². The molecule has 1 atom stereocenters. The summed E-state index contributed by atoms with van der Waals surface area (Å²) in [6.45, 7) is 8.92. The molecule has 0 aliphatic carbocycles. The summed E-state index contributed by atoms with van der Waals surface area (Å²) in [4.78, 5) is 11.7. The van der Waals surface area contributed by atoms with Gasteiger partial charge in [-0.2, -0.15) is 0 Å². The van der Waals surface area contributed by atoms with Crippen molar-refractivity contribution in [2.24, 2.45) is 11.1 Å². The van der Waals surface area contributed by atoms with Gasteiger partial charge in [0.2, 0.25) is 0 Å². The SMILES string of the molecule is CC(=O)C(n1cc(COCCN)nn1)C(C)(C)C. The van der Waals surface area contributed by atoms with Crippen LogP contribution in [0.3, 0.4) is 0 Å². The molecule has 1 aromatic heterocycles. The van der Waals surface area contributed by atoms with E-state index in [0.717, 1.165) is 0 Å². The van der Waals surface area contributed by atoms with Crippen molar-refractivity contribution in [2.75, 3.05) is 13.2 Å². The van der Waals surface area contributed by atoms with Crippen molar-refractivity contribution in [3.63, 3.8) is 0 Å². The van der Waals surface area contributed by atoms with E-state index in [0.29, 0.717) is 25.5 Å². The van der Waals surface area contributed by atoms with Crippen molar-refractivity contribution in [1.29, 1.82) is 0 Å². The molecule has 1 aromatic rings. The molecule has 0 saturated heterocycles. The highest BCUT2D eigenvalue weighted by Crippen LogP contribution is 2.30. The fourth-order valence-corrected chi connectivity index (χ4v) is 1.96. The topological polar surface area (TPSA) is 83.0 Å². The molecule has 1 unspecified atom stereocenters. The van der Waals surface area contributed by atoms with Crippen LogP contribution in [0.2, 0.25) is 0 Å². The van der Waals surface area contributed by atoms with E-state index in [1.165, 1.54) is 0 Å². The molecule has 0 aliphatic heterocycles. The van der Waals surface area contributed by atoms with Crippen LogP contribution in [-0.4, -0.2) is 33.9 Å². The predicted octanol–water partition coefficient (Wildman–Crippen LogP) is 0.930. The molecule has 0 aliphatic rings. The van der Waals surface area contributed by atoms with Gasteiger partial charge in [0.25, 0.3) is 0 Å². The first kappa shape index (κ1) is 14.8. The summed E-state index contributed by atoms with van der Waals surface area (Å²) in [6.07, 6.45) is 1.76. The fourth-order valence-electron chi connectivity index (χ4n) is 1.96. The van der Waals surface area contributed by atoms with Gasteiger partial charge in [-0.25, -0.2) is 4.68 Å². The van der Waals surface area contributed by atoms with Gasteiger partial charge in [0, 0.05) is 6.54 Å². The Morgan fingerprint density at radius 3 is 2.72 bits per heavy atom. The quantitative estimate of drug-likeness (QED) is 0.763. The van der Waals surface area contributed by atoms with Crippen LogP contribution in [0.15, 0.2) is 6.20 Å². The average Bonchev–Trinajstić information content (AvgIpc) is 2.64. The number of nitrogens with zero attached hydrogens (tertiary/aromatic N) is 3. The Kier molecular flexibility index (Phi) is 4.98. The van der Waals surface area contributed by atoms with Crippen LogP contribution in [0.25, 0.3) is 0 Å². The van der Waals surface area contributed by atoms with Crippen molar-refractivity contribution in [3.05, 3.63) is 11.9 Å². The van der Waals surface area contributed by atoms with E-state index in [1.807, 2.05) is 20.8 Å². The second kappa shape index (κ2) is 6.06. The number of ether oxygens (including phenoxy) is 1. The Hall–Kier alpha value is -1.27. The molecule has 102 valence electrons. The number of rotatable bonds is 6. The normalized spacial score (nSPS) is 13.6. The third kappa shape index (κ3) is 3.89. The molecule has 1 rings (SSSR count). The van der Waals surface area contributed by atoms with Crippen LogP contribution in [-0.2, 0) is 16.1 Å². The monoisotopic (exact) mass is 254 g/mol. The molecule has 6 heteroatoms. The summed E-state index contributed by atoms with van der Waals surface area (Å²) >= 11 is 0. The first-order valence-electron chi connectivity index (χ1n) is 6.05. The van der Waals surface area contributed by atoms with Crippen LogP contribution in [0.4, 0.5) is 0 Å². The Morgan fingerprint density at radius 1 is 1.56 bits per heavy atom. The van der Waals surface area contributed by atoms with Gasteiger partial charge in [-0.15, -0.1) is 5.10 Å². The number of ketones is 1. The van der Waals surface area contributed by atoms with Gasteiger partial charge in [-0.3, -0.25) is 4.79 Å². The number of hydrogen-bond acceptors (Lipinski definition) is 5. The molecule has 2 N–H and O–H groups in total. The molecule has 1 heterocycles. The van der Waals surface area contributed by atoms with Gasteiger partial charge in [0.05, 0.1) is 19.4 Å². The van der Waals surface area contributed by atoms with Gasteiger partial charge in [0.1, 0.15) is 11.7 Å². The zero-order valence-corrected chi connectivity index (χ0v) is 11.5. The van der Waals surface area contributed by atoms with Gasteiger partial charge in [0.15, 0.2) is 5.78 Å². The van der Waals surface area contributed by atoms with Gasteiger partial charge in [-0.05, 0) is 12.3 Å². The zero-order valence-electron chi connectivity index (χ0n) is 11.5. The minimum absolute atomic E-state index is 0.0711. The lowest BCUT2D eigenvalue weighted by molar-refractivity contribution is -0.123. The first-order chi connectivity index (χ1) is 8.36. The number of Topliss-reactive ketones (excluding diaryl/α,β-unsaturated/α-hetero) is 1. The van der Waals surface area contributed by atoms with E-state index in [2.05, 4.69) is 10.3 Å². The maximum Gasteiger partial charge on any atom is 0.154 e. The third-order valence-corrected chi connectivity index (χ3v) is 2.54. The first-order valence-corrected chi connectivity index (χ1v) is 6.05. The zero-order chi connectivity index (χ0) is 13.8. The van der Waals surface area contributed by atoms with Crippen LogP contribution in [0.1, 0.15) is 39.4 Å². The second-order valence-corrected chi connectivity index (χ2v) is 5.41. The minimum Gasteiger partial charge on any atom is -0.374 e. The number of carbonyl (C=O) groups excluding carboxylic acids is 1. The van der Waals surface area contributed by atoms with E-state index in [-0.39, 0.29) is 17.2 Å². The van der Waals surface area contributed by atoms with Crippen molar-refractivity contribution < 1.29 is 9.53 Å². The second-order valence-electron chi connectivity index (χ2n) is 5.41. The summed E-state index contributed by atoms with van der Waals surface area (Å²) < 4.78 is 6.90. The predicted molar refractivity (Wildman–Crippen MR) is 67.9 cm³/mol. The molecule has 0 aromatic carbocycles. The molecular formula is C12H22N4O2. The minimum atomic E-state index is -0.312. The number of hydrogen-bond donors (Lipinski definition) is 1. The molecule has 18 heavy (non-hydrogen) atoms. The van der Waals surface area contributed by atoms with Crippen molar-refractivity contribution in [2.45, 2.75) is 40.3 Å². The van der Waals surface area contributed by atoms with E-state index in [9.17, 15) is 4.79 Å². The molecule has 0 spiro atoms. The summed E-state index contributed by atoms with van der Waals surface area (Å²) in [7, 11) is 0. The molecular weight excluding hydrogens is 232 g/mol. The molecule has 0 amide bonds. The maximum atomic E-state index is 11.7. The molecule has 6 nitrogen and oxygen atoms in total. The Labute approximate surface area is 107 Å². The standard InChI is InChI=1S/C12H22N4O2/c1-9(17)11(12(2,3)4)16-7-10(14-15-16)8-18-6-5-13/h7,11H,5-6,8,13H2,1-4H3. The Morgan fingerprint density at radius 2 is 2.22 bits per heavy atom. The van der Waals surface area contributed by atoms with Crippen LogP contribution in [0.5, 0.6) is 0 Å². The lowest BCUT2D eigenvalue weighted by atomic mass is 9.84. The van der Waals surface area contributed by atoms with Crippen molar-refractivity contribution in [1.82, 2.24) is 15.0 Å². The van der Waals surface area contributed by atoms with Crippen molar-refractivity contribution >= 4 is 5.78 Å². The summed E-state index contributed by atoms with van der Waals surface area (Å²) in [5, 5.41) is 8.02. The third-order valence-electron chi connectivity index (χ3n) is 2.54. The smallest absolute Gasteiger partial charge is 0.154 e. The molecule has 0 fully saturated rings. The van der Waals surface area contributed by atoms with E-state index < -0.39 is 0 Å². The Balaban J connectivity index is 2.79.